The zero-order valence-corrected chi connectivity index (χ0v) is 11.7. The van der Waals surface area contributed by atoms with Crippen molar-refractivity contribution in [2.24, 2.45) is 0 Å². The molecule has 104 valence electrons. The first kappa shape index (κ1) is 14.2. The van der Waals surface area contributed by atoms with Crippen LogP contribution in [-0.4, -0.2) is 19.6 Å². The van der Waals surface area contributed by atoms with Crippen LogP contribution in [0.15, 0.2) is 48.5 Å². The standard InChI is InChI=1S/C15H14ClNO3/c1-17-15(18)10-19-12-6-8-14(9-7-12)20-13-4-2-11(16)3-5-13/h2-9H,10H2,1H3,(H,17,18). The average Bonchev–Trinajstić information content (AvgIpc) is 2.48. The predicted octanol–water partition coefficient (Wildman–Crippen LogP) is 3.26. The van der Waals surface area contributed by atoms with E-state index >= 15 is 0 Å². The molecule has 0 spiro atoms. The van der Waals surface area contributed by atoms with Gasteiger partial charge in [-0.2, -0.15) is 0 Å². The summed E-state index contributed by atoms with van der Waals surface area (Å²) in [5.41, 5.74) is 0. The molecule has 20 heavy (non-hydrogen) atoms. The van der Waals surface area contributed by atoms with Gasteiger partial charge in [0.25, 0.3) is 5.91 Å². The molecule has 0 saturated heterocycles. The van der Waals surface area contributed by atoms with Gasteiger partial charge in [-0.3, -0.25) is 4.79 Å². The maximum Gasteiger partial charge on any atom is 0.257 e. The lowest BCUT2D eigenvalue weighted by atomic mass is 10.3. The van der Waals surface area contributed by atoms with Gasteiger partial charge in [-0.1, -0.05) is 11.6 Å². The van der Waals surface area contributed by atoms with E-state index in [-0.39, 0.29) is 12.5 Å². The zero-order chi connectivity index (χ0) is 14.4. The Morgan fingerprint density at radius 2 is 1.50 bits per heavy atom. The molecular formula is C15H14ClNO3. The molecule has 5 heteroatoms. The Kier molecular flexibility index (Phi) is 4.85. The average molecular weight is 292 g/mol. The first-order chi connectivity index (χ1) is 9.67. The molecule has 0 bridgehead atoms. The Hall–Kier alpha value is -2.20. The van der Waals surface area contributed by atoms with Gasteiger partial charge in [0.15, 0.2) is 6.61 Å². The van der Waals surface area contributed by atoms with Crippen molar-refractivity contribution in [3.05, 3.63) is 53.6 Å². The number of rotatable bonds is 5. The quantitative estimate of drug-likeness (QED) is 0.920. The van der Waals surface area contributed by atoms with E-state index in [1.54, 1.807) is 55.6 Å². The van der Waals surface area contributed by atoms with Crippen LogP contribution in [0.1, 0.15) is 0 Å². The molecule has 1 amide bonds. The van der Waals surface area contributed by atoms with Crippen LogP contribution < -0.4 is 14.8 Å². The second kappa shape index (κ2) is 6.82. The zero-order valence-electron chi connectivity index (χ0n) is 10.9. The van der Waals surface area contributed by atoms with Crippen molar-refractivity contribution in [3.8, 4) is 17.2 Å². The van der Waals surface area contributed by atoms with Crippen LogP contribution >= 0.6 is 11.6 Å². The Balaban J connectivity index is 1.94. The third-order valence-electron chi connectivity index (χ3n) is 2.52. The molecule has 0 unspecified atom stereocenters. The van der Waals surface area contributed by atoms with Gasteiger partial charge in [-0.05, 0) is 48.5 Å². The lowest BCUT2D eigenvalue weighted by molar-refractivity contribution is -0.122. The molecule has 0 aromatic heterocycles. The molecule has 1 N–H and O–H groups in total. The molecular weight excluding hydrogens is 278 g/mol. The monoisotopic (exact) mass is 291 g/mol. The highest BCUT2D eigenvalue weighted by molar-refractivity contribution is 6.30. The van der Waals surface area contributed by atoms with E-state index in [2.05, 4.69) is 5.32 Å². The summed E-state index contributed by atoms with van der Waals surface area (Å²) in [5, 5.41) is 3.15. The van der Waals surface area contributed by atoms with Crippen LogP contribution in [0.5, 0.6) is 17.2 Å². The van der Waals surface area contributed by atoms with Crippen LogP contribution in [0.3, 0.4) is 0 Å². The van der Waals surface area contributed by atoms with Gasteiger partial charge in [-0.15, -0.1) is 0 Å². The van der Waals surface area contributed by atoms with E-state index in [9.17, 15) is 4.79 Å². The summed E-state index contributed by atoms with van der Waals surface area (Å²) >= 11 is 5.80. The van der Waals surface area contributed by atoms with Crippen molar-refractivity contribution < 1.29 is 14.3 Å². The van der Waals surface area contributed by atoms with Gasteiger partial charge in [0.2, 0.25) is 0 Å². The molecule has 0 aliphatic carbocycles. The van der Waals surface area contributed by atoms with Gasteiger partial charge in [0.05, 0.1) is 0 Å². The Morgan fingerprint density at radius 3 is 2.05 bits per heavy atom. The number of amides is 1. The van der Waals surface area contributed by atoms with E-state index in [4.69, 9.17) is 21.1 Å². The summed E-state index contributed by atoms with van der Waals surface area (Å²) in [4.78, 5) is 11.0. The summed E-state index contributed by atoms with van der Waals surface area (Å²) in [5.74, 6) is 1.82. The fourth-order valence-corrected chi connectivity index (χ4v) is 1.59. The normalized spacial score (nSPS) is 9.90. The number of halogens is 1. The van der Waals surface area contributed by atoms with Crippen molar-refractivity contribution in [3.63, 3.8) is 0 Å². The van der Waals surface area contributed by atoms with E-state index in [0.717, 1.165) is 0 Å². The first-order valence-corrected chi connectivity index (χ1v) is 6.42. The van der Waals surface area contributed by atoms with Crippen molar-refractivity contribution >= 4 is 17.5 Å². The minimum atomic E-state index is -0.175. The minimum absolute atomic E-state index is 0.00606. The summed E-state index contributed by atoms with van der Waals surface area (Å²) in [7, 11) is 1.56. The van der Waals surface area contributed by atoms with Gasteiger partial charge in [0, 0.05) is 12.1 Å². The molecule has 0 saturated carbocycles. The maximum absolute atomic E-state index is 11.0. The molecule has 0 aliphatic heterocycles. The lowest BCUT2D eigenvalue weighted by Crippen LogP contribution is -2.24. The number of nitrogens with one attached hydrogen (secondary N) is 1. The molecule has 4 nitrogen and oxygen atoms in total. The van der Waals surface area contributed by atoms with Gasteiger partial charge >= 0.3 is 0 Å². The largest absolute Gasteiger partial charge is 0.484 e. The number of carbonyl (C=O) groups excluding carboxylic acids is 1. The summed E-state index contributed by atoms with van der Waals surface area (Å²) in [6.07, 6.45) is 0. The molecule has 2 aromatic rings. The van der Waals surface area contributed by atoms with Crippen molar-refractivity contribution in [2.45, 2.75) is 0 Å². The van der Waals surface area contributed by atoms with E-state index in [1.165, 1.54) is 0 Å². The maximum atomic E-state index is 11.0. The number of likely N-dealkylation sites (N-methyl/N-ethyl adjacent to an activating group) is 1. The Bertz CT molecular complexity index is 567. The minimum Gasteiger partial charge on any atom is -0.484 e. The van der Waals surface area contributed by atoms with Gasteiger partial charge < -0.3 is 14.8 Å². The molecule has 0 atom stereocenters. The Morgan fingerprint density at radius 1 is 1.00 bits per heavy atom. The van der Waals surface area contributed by atoms with E-state index < -0.39 is 0 Å². The van der Waals surface area contributed by atoms with Gasteiger partial charge in [-0.25, -0.2) is 0 Å². The summed E-state index contributed by atoms with van der Waals surface area (Å²) < 4.78 is 10.9. The number of carbonyl (C=O) groups is 1. The number of benzene rings is 2. The second-order valence-corrected chi connectivity index (χ2v) is 4.43. The first-order valence-electron chi connectivity index (χ1n) is 6.04. The van der Waals surface area contributed by atoms with Crippen LogP contribution in [0.25, 0.3) is 0 Å². The van der Waals surface area contributed by atoms with Crippen LogP contribution in [-0.2, 0) is 4.79 Å². The highest BCUT2D eigenvalue weighted by Gasteiger charge is 2.01. The highest BCUT2D eigenvalue weighted by Crippen LogP contribution is 2.24. The summed E-state index contributed by atoms with van der Waals surface area (Å²) in [6, 6.07) is 14.1. The number of hydrogen-bond acceptors (Lipinski definition) is 3. The predicted molar refractivity (Wildman–Crippen MR) is 77.5 cm³/mol. The smallest absolute Gasteiger partial charge is 0.257 e. The third-order valence-corrected chi connectivity index (χ3v) is 2.77. The lowest BCUT2D eigenvalue weighted by Gasteiger charge is -2.08. The highest BCUT2D eigenvalue weighted by atomic mass is 35.5. The molecule has 0 aliphatic rings. The van der Waals surface area contributed by atoms with Crippen molar-refractivity contribution in [2.75, 3.05) is 13.7 Å². The second-order valence-electron chi connectivity index (χ2n) is 3.99. The molecule has 2 rings (SSSR count). The van der Waals surface area contributed by atoms with E-state index in [1.807, 2.05) is 0 Å². The molecule has 0 heterocycles. The Labute approximate surface area is 122 Å². The van der Waals surface area contributed by atoms with Crippen LogP contribution in [0, 0.1) is 0 Å². The SMILES string of the molecule is CNC(=O)COc1ccc(Oc2ccc(Cl)cc2)cc1. The van der Waals surface area contributed by atoms with Crippen molar-refractivity contribution in [1.82, 2.24) is 5.32 Å². The number of hydrogen-bond donors (Lipinski definition) is 1. The fraction of sp³-hybridized carbons (Fsp3) is 0.133. The summed E-state index contributed by atoms with van der Waals surface area (Å²) in [6.45, 7) is -0.00606. The topological polar surface area (TPSA) is 47.6 Å². The molecule has 0 fully saturated rings. The third kappa shape index (κ3) is 4.17. The molecule has 0 radical (unpaired) electrons. The molecule has 2 aromatic carbocycles. The van der Waals surface area contributed by atoms with Crippen LogP contribution in [0.4, 0.5) is 0 Å². The number of ether oxygens (including phenoxy) is 2. The van der Waals surface area contributed by atoms with Crippen molar-refractivity contribution in [1.29, 1.82) is 0 Å². The van der Waals surface area contributed by atoms with Crippen LogP contribution in [0.2, 0.25) is 5.02 Å². The fourth-order valence-electron chi connectivity index (χ4n) is 1.46. The van der Waals surface area contributed by atoms with Gasteiger partial charge in [0.1, 0.15) is 17.2 Å². The van der Waals surface area contributed by atoms with E-state index in [0.29, 0.717) is 22.3 Å².